The Morgan fingerprint density at radius 2 is 2.31 bits per heavy atom. The van der Waals surface area contributed by atoms with Crippen molar-refractivity contribution in [2.75, 3.05) is 32.4 Å². The maximum Gasteiger partial charge on any atom is 0.211 e. The van der Waals surface area contributed by atoms with Gasteiger partial charge in [0.05, 0.1) is 6.26 Å². The summed E-state index contributed by atoms with van der Waals surface area (Å²) in [6.07, 6.45) is 2.91. The SMILES string of the molecule is C=CCNC(N)=NCC1CN(S(C)(=O)=O)C1. The van der Waals surface area contributed by atoms with Crippen molar-refractivity contribution in [1.82, 2.24) is 9.62 Å². The molecular weight excluding hydrogens is 228 g/mol. The van der Waals surface area contributed by atoms with E-state index in [1.54, 1.807) is 6.08 Å². The number of rotatable bonds is 5. The largest absolute Gasteiger partial charge is 0.370 e. The number of hydrogen-bond acceptors (Lipinski definition) is 3. The zero-order valence-electron chi connectivity index (χ0n) is 9.39. The van der Waals surface area contributed by atoms with Gasteiger partial charge in [0.15, 0.2) is 5.96 Å². The molecule has 1 fully saturated rings. The van der Waals surface area contributed by atoms with Crippen LogP contribution in [-0.4, -0.2) is 51.1 Å². The van der Waals surface area contributed by atoms with Crippen molar-refractivity contribution < 1.29 is 8.42 Å². The first-order valence-corrected chi connectivity index (χ1v) is 6.88. The molecule has 7 heteroatoms. The Morgan fingerprint density at radius 1 is 1.69 bits per heavy atom. The highest BCUT2D eigenvalue weighted by Gasteiger charge is 2.32. The molecule has 0 aromatic carbocycles. The van der Waals surface area contributed by atoms with E-state index >= 15 is 0 Å². The molecule has 0 unspecified atom stereocenters. The molecule has 0 bridgehead atoms. The average Bonchev–Trinajstić information content (AvgIpc) is 2.09. The lowest BCUT2D eigenvalue weighted by Crippen LogP contribution is -2.50. The molecule has 0 aromatic heterocycles. The molecule has 16 heavy (non-hydrogen) atoms. The first-order valence-electron chi connectivity index (χ1n) is 5.03. The van der Waals surface area contributed by atoms with Gasteiger partial charge in [-0.15, -0.1) is 6.58 Å². The maximum absolute atomic E-state index is 11.1. The second-order valence-electron chi connectivity index (χ2n) is 3.84. The number of nitrogens with one attached hydrogen (secondary N) is 1. The second-order valence-corrected chi connectivity index (χ2v) is 5.82. The van der Waals surface area contributed by atoms with Crippen molar-refractivity contribution >= 4 is 16.0 Å². The average molecular weight is 246 g/mol. The van der Waals surface area contributed by atoms with Gasteiger partial charge in [0.1, 0.15) is 0 Å². The van der Waals surface area contributed by atoms with E-state index in [0.717, 1.165) is 0 Å². The van der Waals surface area contributed by atoms with Crippen LogP contribution in [0.4, 0.5) is 0 Å². The van der Waals surface area contributed by atoms with E-state index < -0.39 is 10.0 Å². The smallest absolute Gasteiger partial charge is 0.211 e. The second kappa shape index (κ2) is 5.31. The topological polar surface area (TPSA) is 87.8 Å². The number of aliphatic imine (C=N–C) groups is 1. The van der Waals surface area contributed by atoms with Crippen LogP contribution in [0, 0.1) is 5.92 Å². The van der Waals surface area contributed by atoms with E-state index in [9.17, 15) is 8.42 Å². The van der Waals surface area contributed by atoms with Crippen molar-refractivity contribution in [1.29, 1.82) is 0 Å². The Balaban J connectivity index is 2.25. The van der Waals surface area contributed by atoms with Gasteiger partial charge in [-0.2, -0.15) is 0 Å². The predicted octanol–water partition coefficient (Wildman–Crippen LogP) is -1.03. The molecule has 1 rings (SSSR count). The highest BCUT2D eigenvalue weighted by atomic mass is 32.2. The quantitative estimate of drug-likeness (QED) is 0.369. The Labute approximate surface area is 96.3 Å². The zero-order valence-corrected chi connectivity index (χ0v) is 10.2. The summed E-state index contributed by atoms with van der Waals surface area (Å²) in [5.74, 6) is 0.650. The Morgan fingerprint density at radius 3 is 2.81 bits per heavy atom. The van der Waals surface area contributed by atoms with Crippen molar-refractivity contribution in [3.63, 3.8) is 0 Å². The Kier molecular flexibility index (Phi) is 4.31. The Bertz CT molecular complexity index is 371. The van der Waals surface area contributed by atoms with Gasteiger partial charge >= 0.3 is 0 Å². The van der Waals surface area contributed by atoms with Gasteiger partial charge in [0, 0.05) is 32.1 Å². The van der Waals surface area contributed by atoms with Gasteiger partial charge in [-0.25, -0.2) is 12.7 Å². The van der Waals surface area contributed by atoms with Gasteiger partial charge in [-0.05, 0) is 0 Å². The molecule has 1 aliphatic heterocycles. The summed E-state index contributed by atoms with van der Waals surface area (Å²) in [5.41, 5.74) is 5.57. The first kappa shape index (κ1) is 13.0. The molecule has 1 heterocycles. The van der Waals surface area contributed by atoms with E-state index in [4.69, 9.17) is 5.73 Å². The van der Waals surface area contributed by atoms with Crippen LogP contribution in [0.25, 0.3) is 0 Å². The fourth-order valence-corrected chi connectivity index (χ4v) is 2.33. The highest BCUT2D eigenvalue weighted by Crippen LogP contribution is 2.18. The van der Waals surface area contributed by atoms with Crippen molar-refractivity contribution in [3.8, 4) is 0 Å². The van der Waals surface area contributed by atoms with Crippen LogP contribution in [0.2, 0.25) is 0 Å². The molecule has 92 valence electrons. The van der Waals surface area contributed by atoms with Crippen LogP contribution in [-0.2, 0) is 10.0 Å². The van der Waals surface area contributed by atoms with Crippen molar-refractivity contribution in [2.24, 2.45) is 16.6 Å². The molecule has 0 radical (unpaired) electrons. The van der Waals surface area contributed by atoms with Crippen LogP contribution in [0.5, 0.6) is 0 Å². The molecule has 0 aromatic rings. The lowest BCUT2D eigenvalue weighted by molar-refractivity contribution is 0.209. The van der Waals surface area contributed by atoms with E-state index in [1.807, 2.05) is 0 Å². The molecule has 0 spiro atoms. The minimum Gasteiger partial charge on any atom is -0.370 e. The summed E-state index contributed by atoms with van der Waals surface area (Å²) in [5, 5.41) is 2.86. The fraction of sp³-hybridized carbons (Fsp3) is 0.667. The Hall–Kier alpha value is -1.08. The summed E-state index contributed by atoms with van der Waals surface area (Å²) < 4.78 is 23.6. The van der Waals surface area contributed by atoms with Crippen LogP contribution < -0.4 is 11.1 Å². The third-order valence-electron chi connectivity index (χ3n) is 2.34. The normalized spacial score (nSPS) is 19.2. The number of guanidine groups is 1. The number of nitrogens with zero attached hydrogens (tertiary/aromatic N) is 2. The number of sulfonamides is 1. The number of hydrogen-bond donors (Lipinski definition) is 2. The minimum atomic E-state index is -3.03. The summed E-state index contributed by atoms with van der Waals surface area (Å²) >= 11 is 0. The van der Waals surface area contributed by atoms with Gasteiger partial charge in [-0.3, -0.25) is 4.99 Å². The van der Waals surface area contributed by atoms with Crippen LogP contribution in [0.3, 0.4) is 0 Å². The zero-order chi connectivity index (χ0) is 12.2. The molecule has 0 aliphatic carbocycles. The van der Waals surface area contributed by atoms with Gasteiger partial charge in [0.2, 0.25) is 10.0 Å². The van der Waals surface area contributed by atoms with Crippen LogP contribution >= 0.6 is 0 Å². The van der Waals surface area contributed by atoms with E-state index in [2.05, 4.69) is 16.9 Å². The molecule has 1 saturated heterocycles. The molecule has 1 aliphatic rings. The van der Waals surface area contributed by atoms with Gasteiger partial charge in [0.25, 0.3) is 0 Å². The summed E-state index contributed by atoms with van der Waals surface area (Å²) in [6, 6.07) is 0. The molecule has 6 nitrogen and oxygen atoms in total. The lowest BCUT2D eigenvalue weighted by atomic mass is 10.0. The number of nitrogens with two attached hydrogens (primary N) is 1. The summed E-state index contributed by atoms with van der Waals surface area (Å²) in [7, 11) is -3.03. The summed E-state index contributed by atoms with van der Waals surface area (Å²) in [6.45, 7) is 5.76. The van der Waals surface area contributed by atoms with Gasteiger partial charge in [-0.1, -0.05) is 6.08 Å². The maximum atomic E-state index is 11.1. The van der Waals surface area contributed by atoms with E-state index in [1.165, 1.54) is 10.6 Å². The third kappa shape index (κ3) is 3.82. The molecule has 0 atom stereocenters. The first-order chi connectivity index (χ1) is 7.43. The molecular formula is C9H18N4O2S. The minimum absolute atomic E-state index is 0.277. The molecule has 0 amide bonds. The monoisotopic (exact) mass is 246 g/mol. The lowest BCUT2D eigenvalue weighted by Gasteiger charge is -2.36. The van der Waals surface area contributed by atoms with Crippen molar-refractivity contribution in [3.05, 3.63) is 12.7 Å². The predicted molar refractivity (Wildman–Crippen MR) is 64.6 cm³/mol. The van der Waals surface area contributed by atoms with Crippen molar-refractivity contribution in [2.45, 2.75) is 0 Å². The van der Waals surface area contributed by atoms with Gasteiger partial charge < -0.3 is 11.1 Å². The summed E-state index contributed by atoms with van der Waals surface area (Å²) in [4.78, 5) is 4.11. The van der Waals surface area contributed by atoms with Crippen LogP contribution in [0.1, 0.15) is 0 Å². The van der Waals surface area contributed by atoms with E-state index in [-0.39, 0.29) is 5.92 Å². The third-order valence-corrected chi connectivity index (χ3v) is 3.58. The molecule has 3 N–H and O–H groups in total. The fourth-order valence-electron chi connectivity index (χ4n) is 1.37. The highest BCUT2D eigenvalue weighted by molar-refractivity contribution is 7.88. The standard InChI is InChI=1S/C9H18N4O2S/c1-3-4-11-9(10)12-5-8-6-13(7-8)16(2,14)15/h3,8H,1,4-7H2,2H3,(H3,10,11,12). The molecule has 0 saturated carbocycles. The van der Waals surface area contributed by atoms with Crippen LogP contribution in [0.15, 0.2) is 17.6 Å². The van der Waals surface area contributed by atoms with E-state index in [0.29, 0.717) is 32.1 Å².